The van der Waals surface area contributed by atoms with Crippen LogP contribution < -0.4 is 0 Å². The summed E-state index contributed by atoms with van der Waals surface area (Å²) in [6.45, 7) is 5.31. The quantitative estimate of drug-likeness (QED) is 0.784. The molecule has 3 nitrogen and oxygen atoms in total. The third kappa shape index (κ3) is 2.69. The molecule has 0 aromatic heterocycles. The van der Waals surface area contributed by atoms with E-state index >= 15 is 0 Å². The molecule has 1 aromatic carbocycles. The van der Waals surface area contributed by atoms with E-state index in [1.165, 1.54) is 51.6 Å². The molecule has 2 heterocycles. The van der Waals surface area contributed by atoms with Gasteiger partial charge in [0.1, 0.15) is 0 Å². The average molecular weight is 309 g/mol. The molecule has 0 amide bonds. The van der Waals surface area contributed by atoms with Crippen molar-refractivity contribution in [2.75, 3.05) is 32.7 Å². The van der Waals surface area contributed by atoms with Crippen molar-refractivity contribution >= 4 is 0 Å². The van der Waals surface area contributed by atoms with Crippen molar-refractivity contribution in [2.45, 2.75) is 50.0 Å². The van der Waals surface area contributed by atoms with Gasteiger partial charge in [0.2, 0.25) is 0 Å². The molecule has 2 saturated heterocycles. The number of piperidine rings is 1. The summed E-state index contributed by atoms with van der Waals surface area (Å²) in [6, 6.07) is 12.2. The zero-order chi connectivity index (χ0) is 15.7. The molecule has 0 saturated carbocycles. The van der Waals surface area contributed by atoms with Gasteiger partial charge in [-0.3, -0.25) is 9.80 Å². The van der Waals surface area contributed by atoms with E-state index in [1.54, 1.807) is 11.1 Å². The summed E-state index contributed by atoms with van der Waals surface area (Å²) in [4.78, 5) is 5.04. The van der Waals surface area contributed by atoms with Gasteiger partial charge >= 0.3 is 0 Å². The minimum absolute atomic E-state index is 0.374. The highest BCUT2D eigenvalue weighted by Crippen LogP contribution is 2.49. The minimum atomic E-state index is 0.374. The van der Waals surface area contributed by atoms with Crippen LogP contribution in [0.4, 0.5) is 0 Å². The number of nitrogens with zero attached hydrogens (tertiary/aromatic N) is 3. The summed E-state index contributed by atoms with van der Waals surface area (Å²) >= 11 is 0. The van der Waals surface area contributed by atoms with Gasteiger partial charge in [0.25, 0.3) is 0 Å². The number of hydrogen-bond donors (Lipinski definition) is 0. The standard InChI is InChI=1S/C20H27N3/c21-11-16-22-14-9-20(10-15-22)8-7-19(23-12-3-4-13-23)17-5-1-2-6-18(17)20/h1-2,5-6,19H,3-4,7-10,12-16H2/t19-/m0/s1. The van der Waals surface area contributed by atoms with Crippen molar-refractivity contribution in [1.29, 1.82) is 5.26 Å². The highest BCUT2D eigenvalue weighted by atomic mass is 15.2. The predicted molar refractivity (Wildman–Crippen MR) is 92.2 cm³/mol. The second-order valence-electron chi connectivity index (χ2n) is 7.60. The fourth-order valence-corrected chi connectivity index (χ4v) is 5.16. The van der Waals surface area contributed by atoms with E-state index in [-0.39, 0.29) is 0 Å². The molecule has 4 rings (SSSR count). The number of rotatable bonds is 2. The summed E-state index contributed by atoms with van der Waals surface area (Å²) in [5.74, 6) is 0. The maximum absolute atomic E-state index is 8.94. The Hall–Kier alpha value is -1.37. The second kappa shape index (κ2) is 6.26. The third-order valence-corrected chi connectivity index (χ3v) is 6.48. The summed E-state index contributed by atoms with van der Waals surface area (Å²) in [7, 11) is 0. The van der Waals surface area contributed by atoms with Crippen LogP contribution in [0.15, 0.2) is 24.3 Å². The van der Waals surface area contributed by atoms with Crippen molar-refractivity contribution in [3.05, 3.63) is 35.4 Å². The molecule has 3 aliphatic rings. The van der Waals surface area contributed by atoms with Crippen molar-refractivity contribution < 1.29 is 0 Å². The Morgan fingerprint density at radius 2 is 1.78 bits per heavy atom. The van der Waals surface area contributed by atoms with Crippen LogP contribution in [0.3, 0.4) is 0 Å². The molecule has 122 valence electrons. The first-order chi connectivity index (χ1) is 11.3. The van der Waals surface area contributed by atoms with Crippen molar-refractivity contribution in [2.24, 2.45) is 0 Å². The normalized spacial score (nSPS) is 27.7. The largest absolute Gasteiger partial charge is 0.296 e. The van der Waals surface area contributed by atoms with Gasteiger partial charge in [0.15, 0.2) is 0 Å². The Morgan fingerprint density at radius 3 is 2.52 bits per heavy atom. The zero-order valence-electron chi connectivity index (χ0n) is 14.0. The van der Waals surface area contributed by atoms with Crippen molar-refractivity contribution in [3.63, 3.8) is 0 Å². The predicted octanol–water partition coefficient (Wildman–Crippen LogP) is 3.47. The first-order valence-corrected chi connectivity index (χ1v) is 9.25. The summed E-state index contributed by atoms with van der Waals surface area (Å²) in [5, 5.41) is 8.94. The van der Waals surface area contributed by atoms with Crippen LogP contribution in [-0.4, -0.2) is 42.5 Å². The number of benzene rings is 1. The van der Waals surface area contributed by atoms with E-state index in [1.807, 2.05) is 0 Å². The number of likely N-dealkylation sites (tertiary alicyclic amines) is 2. The second-order valence-corrected chi connectivity index (χ2v) is 7.60. The SMILES string of the molecule is N#CCN1CCC2(CC[C@H](N3CCCC3)c3ccccc32)CC1. The first kappa shape index (κ1) is 15.2. The lowest BCUT2D eigenvalue weighted by Crippen LogP contribution is -2.46. The van der Waals surface area contributed by atoms with Crippen LogP contribution >= 0.6 is 0 Å². The minimum Gasteiger partial charge on any atom is -0.296 e. The van der Waals surface area contributed by atoms with Crippen LogP contribution in [0.1, 0.15) is 55.7 Å². The van der Waals surface area contributed by atoms with E-state index in [0.29, 0.717) is 18.0 Å². The monoisotopic (exact) mass is 309 g/mol. The van der Waals surface area contributed by atoms with Gasteiger partial charge in [0, 0.05) is 6.04 Å². The van der Waals surface area contributed by atoms with Gasteiger partial charge in [-0.1, -0.05) is 24.3 Å². The summed E-state index contributed by atoms with van der Waals surface area (Å²) in [6.07, 6.45) is 7.82. The highest BCUT2D eigenvalue weighted by Gasteiger charge is 2.43. The fraction of sp³-hybridized carbons (Fsp3) is 0.650. The lowest BCUT2D eigenvalue weighted by molar-refractivity contribution is 0.128. The molecule has 1 atom stereocenters. The Balaban J connectivity index is 1.61. The molecule has 2 fully saturated rings. The van der Waals surface area contributed by atoms with E-state index in [4.69, 9.17) is 5.26 Å². The molecule has 23 heavy (non-hydrogen) atoms. The summed E-state index contributed by atoms with van der Waals surface area (Å²) in [5.41, 5.74) is 3.60. The molecular formula is C20H27N3. The molecule has 1 aliphatic carbocycles. The van der Waals surface area contributed by atoms with Crippen molar-refractivity contribution in [3.8, 4) is 6.07 Å². The lowest BCUT2D eigenvalue weighted by atomic mass is 9.63. The Morgan fingerprint density at radius 1 is 1.04 bits per heavy atom. The Kier molecular flexibility index (Phi) is 4.13. The van der Waals surface area contributed by atoms with E-state index in [2.05, 4.69) is 40.1 Å². The highest BCUT2D eigenvalue weighted by molar-refractivity contribution is 5.40. The Labute approximate surface area is 139 Å². The van der Waals surface area contributed by atoms with Gasteiger partial charge in [-0.25, -0.2) is 0 Å². The van der Waals surface area contributed by atoms with Gasteiger partial charge in [0.05, 0.1) is 12.6 Å². The van der Waals surface area contributed by atoms with E-state index in [9.17, 15) is 0 Å². The summed E-state index contributed by atoms with van der Waals surface area (Å²) < 4.78 is 0. The topological polar surface area (TPSA) is 30.3 Å². The van der Waals surface area contributed by atoms with Gasteiger partial charge < -0.3 is 0 Å². The molecular weight excluding hydrogens is 282 g/mol. The van der Waals surface area contributed by atoms with Crippen LogP contribution in [0, 0.1) is 11.3 Å². The van der Waals surface area contributed by atoms with Crippen LogP contribution in [0.25, 0.3) is 0 Å². The number of fused-ring (bicyclic) bond motifs is 2. The molecule has 0 radical (unpaired) electrons. The molecule has 0 N–H and O–H groups in total. The van der Waals surface area contributed by atoms with Gasteiger partial charge in [-0.05, 0) is 81.2 Å². The fourth-order valence-electron chi connectivity index (χ4n) is 5.16. The van der Waals surface area contributed by atoms with Crippen LogP contribution in [-0.2, 0) is 5.41 Å². The molecule has 2 aliphatic heterocycles. The van der Waals surface area contributed by atoms with E-state index in [0.717, 1.165) is 13.1 Å². The molecule has 0 bridgehead atoms. The van der Waals surface area contributed by atoms with Gasteiger partial charge in [-0.2, -0.15) is 5.26 Å². The smallest absolute Gasteiger partial charge is 0.0865 e. The van der Waals surface area contributed by atoms with Crippen LogP contribution in [0.2, 0.25) is 0 Å². The maximum atomic E-state index is 8.94. The van der Waals surface area contributed by atoms with Crippen LogP contribution in [0.5, 0.6) is 0 Å². The number of hydrogen-bond acceptors (Lipinski definition) is 3. The third-order valence-electron chi connectivity index (χ3n) is 6.48. The molecule has 3 heteroatoms. The lowest BCUT2D eigenvalue weighted by Gasteiger charge is -2.48. The average Bonchev–Trinajstić information content (AvgIpc) is 3.12. The van der Waals surface area contributed by atoms with Crippen molar-refractivity contribution in [1.82, 2.24) is 9.80 Å². The Bertz CT molecular complexity index is 589. The van der Waals surface area contributed by atoms with E-state index < -0.39 is 0 Å². The zero-order valence-corrected chi connectivity index (χ0v) is 14.0. The molecule has 1 aromatic rings. The number of nitriles is 1. The van der Waals surface area contributed by atoms with Gasteiger partial charge in [-0.15, -0.1) is 0 Å². The molecule has 1 spiro atoms. The molecule has 0 unspecified atom stereocenters. The maximum Gasteiger partial charge on any atom is 0.0865 e. The first-order valence-electron chi connectivity index (χ1n) is 9.25.